The average molecular weight is 629 g/mol. The van der Waals surface area contributed by atoms with E-state index in [0.717, 1.165) is 42.5 Å². The van der Waals surface area contributed by atoms with Crippen LogP contribution in [-0.4, -0.2) is 51.8 Å². The number of aromatic nitrogens is 3. The monoisotopic (exact) mass is 627 g/mol. The highest BCUT2D eigenvalue weighted by molar-refractivity contribution is 7.89. The number of amides is 1. The van der Waals surface area contributed by atoms with Gasteiger partial charge in [0, 0.05) is 46.6 Å². The normalized spacial score (nSPS) is 18.1. The maximum atomic E-state index is 13.9. The fourth-order valence-corrected chi connectivity index (χ4v) is 8.42. The summed E-state index contributed by atoms with van der Waals surface area (Å²) in [5.74, 6) is 0.256. The lowest BCUT2D eigenvalue weighted by molar-refractivity contribution is -0.124. The number of carbonyl (C=O) groups excluding carboxylic acids is 1. The second-order valence-electron chi connectivity index (χ2n) is 10.8. The van der Waals surface area contributed by atoms with Crippen molar-refractivity contribution in [3.05, 3.63) is 76.4 Å². The molecule has 0 unspecified atom stereocenters. The number of imidazole rings is 1. The maximum absolute atomic E-state index is 13.9. The lowest BCUT2D eigenvalue weighted by Crippen LogP contribution is -2.48. The molecule has 1 atom stereocenters. The summed E-state index contributed by atoms with van der Waals surface area (Å²) in [5.41, 5.74) is 2.68. The second kappa shape index (κ2) is 11.8. The van der Waals surface area contributed by atoms with Crippen LogP contribution in [0, 0.1) is 6.92 Å². The number of rotatable bonds is 8. The Labute approximate surface area is 254 Å². The minimum absolute atomic E-state index is 0.0205. The van der Waals surface area contributed by atoms with Gasteiger partial charge in [-0.2, -0.15) is 4.31 Å². The SMILES string of the molecule is Cc1cc(-n2ccnc2)c2cccc(OCc3c(Cl)ccc(S(=O)(=O)N4CCC[C@H]4C(=O)NC4CCCC4)c3Cl)c2n1. The van der Waals surface area contributed by atoms with Crippen molar-refractivity contribution in [2.75, 3.05) is 6.54 Å². The van der Waals surface area contributed by atoms with Crippen molar-refractivity contribution < 1.29 is 17.9 Å². The molecule has 6 rings (SSSR count). The van der Waals surface area contributed by atoms with Crippen LogP contribution < -0.4 is 10.1 Å². The third-order valence-electron chi connectivity index (χ3n) is 8.01. The number of nitrogens with zero attached hydrogens (tertiary/aromatic N) is 4. The van der Waals surface area contributed by atoms with E-state index in [0.29, 0.717) is 29.7 Å². The molecule has 1 aliphatic carbocycles. The van der Waals surface area contributed by atoms with Crippen molar-refractivity contribution in [3.8, 4) is 11.4 Å². The Hall–Kier alpha value is -3.18. The minimum atomic E-state index is -4.09. The molecule has 9 nitrogen and oxygen atoms in total. The molecule has 1 amide bonds. The smallest absolute Gasteiger partial charge is 0.245 e. The van der Waals surface area contributed by atoms with Gasteiger partial charge in [0.05, 0.1) is 17.0 Å². The first-order valence-corrected chi connectivity index (χ1v) is 16.2. The van der Waals surface area contributed by atoms with Gasteiger partial charge in [0.2, 0.25) is 15.9 Å². The van der Waals surface area contributed by atoms with Gasteiger partial charge in [-0.15, -0.1) is 0 Å². The number of sulfonamides is 1. The van der Waals surface area contributed by atoms with Crippen LogP contribution in [-0.2, 0) is 21.4 Å². The Morgan fingerprint density at radius 3 is 2.69 bits per heavy atom. The zero-order chi connectivity index (χ0) is 29.4. The second-order valence-corrected chi connectivity index (χ2v) is 13.4. The standard InChI is InChI=1S/C30H31Cl2N5O4S/c1-19-16-25(36-15-13-33-18-36)21-8-4-10-26(29(21)34-19)41-17-22-23(31)11-12-27(28(22)32)42(39,40)37-14-5-9-24(37)30(38)35-20-6-2-3-7-20/h4,8,10-13,15-16,18,20,24H,2-3,5-7,9,14,17H2,1H3,(H,35,38)/t24-/m0/s1. The number of aryl methyl sites for hydroxylation is 1. The maximum Gasteiger partial charge on any atom is 0.245 e. The molecular weight excluding hydrogens is 597 g/mol. The van der Waals surface area contributed by atoms with Crippen molar-refractivity contribution in [2.24, 2.45) is 0 Å². The van der Waals surface area contributed by atoms with Crippen molar-refractivity contribution in [2.45, 2.75) is 69.0 Å². The molecule has 3 heterocycles. The summed E-state index contributed by atoms with van der Waals surface area (Å²) in [6, 6.07) is 9.82. The lowest BCUT2D eigenvalue weighted by Gasteiger charge is -2.25. The third-order valence-corrected chi connectivity index (χ3v) is 10.9. The van der Waals surface area contributed by atoms with Crippen LogP contribution >= 0.6 is 23.2 Å². The molecule has 0 bridgehead atoms. The predicted octanol–water partition coefficient (Wildman–Crippen LogP) is 5.83. The third kappa shape index (κ3) is 5.48. The van der Waals surface area contributed by atoms with Crippen molar-refractivity contribution >= 4 is 50.0 Å². The van der Waals surface area contributed by atoms with E-state index in [2.05, 4.69) is 10.3 Å². The molecule has 1 N–H and O–H groups in total. The molecule has 12 heteroatoms. The van der Waals surface area contributed by atoms with Crippen molar-refractivity contribution in [1.29, 1.82) is 0 Å². The largest absolute Gasteiger partial charge is 0.487 e. The number of carbonyl (C=O) groups is 1. The number of fused-ring (bicyclic) bond motifs is 1. The molecule has 1 saturated carbocycles. The highest BCUT2D eigenvalue weighted by Crippen LogP contribution is 2.37. The van der Waals surface area contributed by atoms with E-state index in [1.54, 1.807) is 18.6 Å². The number of hydrogen-bond donors (Lipinski definition) is 1. The number of nitrogens with one attached hydrogen (secondary N) is 1. The number of halogens is 2. The Bertz CT molecular complexity index is 1740. The van der Waals surface area contributed by atoms with E-state index < -0.39 is 16.1 Å². The average Bonchev–Trinajstić information content (AvgIpc) is 3.76. The van der Waals surface area contributed by atoms with Crippen LogP contribution in [0.4, 0.5) is 0 Å². The highest BCUT2D eigenvalue weighted by atomic mass is 35.5. The summed E-state index contributed by atoms with van der Waals surface area (Å²) in [6.07, 6.45) is 10.3. The fraction of sp³-hybridized carbons (Fsp3) is 0.367. The van der Waals surface area contributed by atoms with Gasteiger partial charge in [-0.05, 0) is 56.9 Å². The summed E-state index contributed by atoms with van der Waals surface area (Å²) >= 11 is 13.3. The molecule has 1 aliphatic heterocycles. The summed E-state index contributed by atoms with van der Waals surface area (Å²) in [5, 5.41) is 4.17. The lowest BCUT2D eigenvalue weighted by atomic mass is 10.1. The predicted molar refractivity (Wildman–Crippen MR) is 162 cm³/mol. The van der Waals surface area contributed by atoms with Gasteiger partial charge in [-0.3, -0.25) is 4.79 Å². The number of benzene rings is 2. The van der Waals surface area contributed by atoms with Gasteiger partial charge in [0.1, 0.15) is 28.8 Å². The van der Waals surface area contributed by atoms with Crippen molar-refractivity contribution in [1.82, 2.24) is 24.2 Å². The molecule has 4 aromatic rings. The Morgan fingerprint density at radius 2 is 1.93 bits per heavy atom. The summed E-state index contributed by atoms with van der Waals surface area (Å²) < 4.78 is 37.1. The number of para-hydroxylation sites is 1. The van der Waals surface area contributed by atoms with Crippen molar-refractivity contribution in [3.63, 3.8) is 0 Å². The Morgan fingerprint density at radius 1 is 1.12 bits per heavy atom. The van der Waals surface area contributed by atoms with Crippen LogP contribution in [0.1, 0.15) is 49.8 Å². The Kier molecular flexibility index (Phi) is 8.15. The molecule has 0 spiro atoms. The Balaban J connectivity index is 1.28. The first-order valence-electron chi connectivity index (χ1n) is 14.0. The molecular formula is C30H31Cl2N5O4S. The van der Waals surface area contributed by atoms with Crippen LogP contribution in [0.3, 0.4) is 0 Å². The van der Waals surface area contributed by atoms with E-state index in [1.165, 1.54) is 16.4 Å². The molecule has 0 radical (unpaired) electrons. The van der Waals surface area contributed by atoms with Gasteiger partial charge in [0.25, 0.3) is 0 Å². The zero-order valence-electron chi connectivity index (χ0n) is 23.1. The summed E-state index contributed by atoms with van der Waals surface area (Å²) in [7, 11) is -4.09. The van der Waals surface area contributed by atoms with E-state index in [4.69, 9.17) is 32.9 Å². The minimum Gasteiger partial charge on any atom is -0.487 e. The van der Waals surface area contributed by atoms with Crippen LogP contribution in [0.15, 0.2) is 60.0 Å². The van der Waals surface area contributed by atoms with Gasteiger partial charge < -0.3 is 14.6 Å². The van der Waals surface area contributed by atoms with E-state index in [1.807, 2.05) is 35.9 Å². The summed E-state index contributed by atoms with van der Waals surface area (Å²) in [6.45, 7) is 2.07. The van der Waals surface area contributed by atoms with Gasteiger partial charge in [0.15, 0.2) is 0 Å². The summed E-state index contributed by atoms with van der Waals surface area (Å²) in [4.78, 5) is 21.8. The van der Waals surface area contributed by atoms with Crippen LogP contribution in [0.25, 0.3) is 16.6 Å². The molecule has 2 fully saturated rings. The molecule has 2 aliphatic rings. The molecule has 1 saturated heterocycles. The fourth-order valence-electron chi connectivity index (χ4n) is 5.90. The number of pyridine rings is 1. The number of hydrogen-bond acceptors (Lipinski definition) is 6. The van der Waals surface area contributed by atoms with Gasteiger partial charge in [-0.25, -0.2) is 18.4 Å². The van der Waals surface area contributed by atoms with Gasteiger partial charge >= 0.3 is 0 Å². The van der Waals surface area contributed by atoms with Crippen LogP contribution in [0.2, 0.25) is 10.0 Å². The molecule has 220 valence electrons. The van der Waals surface area contributed by atoms with Crippen LogP contribution in [0.5, 0.6) is 5.75 Å². The first-order chi connectivity index (χ1) is 20.2. The molecule has 2 aromatic carbocycles. The van der Waals surface area contributed by atoms with E-state index >= 15 is 0 Å². The zero-order valence-corrected chi connectivity index (χ0v) is 25.4. The van der Waals surface area contributed by atoms with E-state index in [-0.39, 0.29) is 40.0 Å². The highest BCUT2D eigenvalue weighted by Gasteiger charge is 2.41. The van der Waals surface area contributed by atoms with Gasteiger partial charge in [-0.1, -0.05) is 48.2 Å². The molecule has 42 heavy (non-hydrogen) atoms. The first kappa shape index (κ1) is 28.9. The number of ether oxygens (including phenoxy) is 1. The topological polar surface area (TPSA) is 106 Å². The quantitative estimate of drug-likeness (QED) is 0.263. The molecule has 2 aromatic heterocycles. The van der Waals surface area contributed by atoms with E-state index in [9.17, 15) is 13.2 Å².